The molecule has 136 valence electrons. The molecule has 0 radical (unpaired) electrons. The molecule has 7 heteroatoms. The van der Waals surface area contributed by atoms with Gasteiger partial charge < -0.3 is 9.84 Å². The monoisotopic (exact) mass is 365 g/mol. The van der Waals surface area contributed by atoms with Crippen LogP contribution in [0.2, 0.25) is 0 Å². The van der Waals surface area contributed by atoms with Crippen LogP contribution in [0.3, 0.4) is 0 Å². The van der Waals surface area contributed by atoms with Gasteiger partial charge in [-0.05, 0) is 50.2 Å². The second-order valence-corrected chi connectivity index (χ2v) is 9.45. The van der Waals surface area contributed by atoms with Crippen molar-refractivity contribution in [3.8, 4) is 0 Å². The number of esters is 1. The van der Waals surface area contributed by atoms with Gasteiger partial charge in [-0.15, -0.1) is 0 Å². The number of rotatable bonds is 3. The maximum Gasteiger partial charge on any atom is 0.314 e. The van der Waals surface area contributed by atoms with Gasteiger partial charge in [-0.25, -0.2) is 13.1 Å². The Bertz CT molecular complexity index is 805. The van der Waals surface area contributed by atoms with Crippen molar-refractivity contribution in [2.75, 3.05) is 0 Å². The first kappa shape index (κ1) is 17.0. The van der Waals surface area contributed by atoms with Crippen LogP contribution in [0.1, 0.15) is 31.7 Å². The third-order valence-electron chi connectivity index (χ3n) is 6.21. The zero-order chi connectivity index (χ0) is 18.0. The van der Waals surface area contributed by atoms with Gasteiger partial charge in [-0.1, -0.05) is 24.6 Å². The van der Waals surface area contributed by atoms with Gasteiger partial charge in [0.2, 0.25) is 10.0 Å². The Hall–Kier alpha value is -1.44. The predicted molar refractivity (Wildman–Crippen MR) is 90.1 cm³/mol. The van der Waals surface area contributed by atoms with Crippen molar-refractivity contribution in [3.63, 3.8) is 0 Å². The first-order chi connectivity index (χ1) is 11.7. The summed E-state index contributed by atoms with van der Waals surface area (Å²) in [7, 11) is -3.78. The van der Waals surface area contributed by atoms with Crippen molar-refractivity contribution >= 4 is 16.0 Å². The molecule has 2 aliphatic carbocycles. The number of aryl methyl sites for hydroxylation is 1. The third kappa shape index (κ3) is 2.44. The van der Waals surface area contributed by atoms with E-state index in [4.69, 9.17) is 4.74 Å². The van der Waals surface area contributed by atoms with E-state index in [0.717, 1.165) is 12.0 Å². The highest BCUT2D eigenvalue weighted by Gasteiger charge is 2.68. The van der Waals surface area contributed by atoms with E-state index in [-0.39, 0.29) is 16.7 Å². The molecule has 2 saturated carbocycles. The zero-order valence-electron chi connectivity index (χ0n) is 14.3. The maximum atomic E-state index is 12.8. The number of aliphatic hydroxyl groups is 1. The smallest absolute Gasteiger partial charge is 0.314 e. The summed E-state index contributed by atoms with van der Waals surface area (Å²) in [6.45, 7) is 3.82. The SMILES string of the molecule is Cc1ccc(S(=O)(=O)N[C@@H]2[C@@H](C)C[C@H]3CC[C@H]4OC(=O)[C@@H]2[C@@]34O)cc1. The molecular formula is C18H23NO5S. The number of ether oxygens (including phenoxy) is 1. The van der Waals surface area contributed by atoms with Gasteiger partial charge in [-0.3, -0.25) is 4.79 Å². The Kier molecular flexibility index (Phi) is 3.76. The van der Waals surface area contributed by atoms with Gasteiger partial charge in [0.05, 0.1) is 4.90 Å². The lowest BCUT2D eigenvalue weighted by molar-refractivity contribution is -0.146. The average molecular weight is 365 g/mol. The van der Waals surface area contributed by atoms with Crippen LogP contribution in [0.25, 0.3) is 0 Å². The highest BCUT2D eigenvalue weighted by atomic mass is 32.2. The summed E-state index contributed by atoms with van der Waals surface area (Å²) in [5.74, 6) is -1.39. The van der Waals surface area contributed by atoms with Crippen molar-refractivity contribution in [1.29, 1.82) is 0 Å². The molecule has 25 heavy (non-hydrogen) atoms. The zero-order valence-corrected chi connectivity index (χ0v) is 15.1. The molecular weight excluding hydrogens is 342 g/mol. The van der Waals surface area contributed by atoms with E-state index >= 15 is 0 Å². The lowest BCUT2D eigenvalue weighted by Gasteiger charge is -2.44. The van der Waals surface area contributed by atoms with Gasteiger partial charge in [0.15, 0.2) is 0 Å². The average Bonchev–Trinajstić information content (AvgIpc) is 2.98. The molecule has 3 aliphatic rings. The third-order valence-corrected chi connectivity index (χ3v) is 7.68. The predicted octanol–water partition coefficient (Wildman–Crippen LogP) is 1.36. The van der Waals surface area contributed by atoms with E-state index in [2.05, 4.69) is 4.72 Å². The van der Waals surface area contributed by atoms with Gasteiger partial charge in [0, 0.05) is 6.04 Å². The molecule has 0 aromatic heterocycles. The second kappa shape index (κ2) is 5.53. The van der Waals surface area contributed by atoms with Crippen LogP contribution in [0.5, 0.6) is 0 Å². The molecule has 6 nitrogen and oxygen atoms in total. The van der Waals surface area contributed by atoms with Crippen LogP contribution in [0.15, 0.2) is 29.2 Å². The minimum atomic E-state index is -3.78. The topological polar surface area (TPSA) is 92.7 Å². The van der Waals surface area contributed by atoms with Crippen LogP contribution < -0.4 is 4.72 Å². The summed E-state index contributed by atoms with van der Waals surface area (Å²) >= 11 is 0. The lowest BCUT2D eigenvalue weighted by Crippen LogP contribution is -2.61. The van der Waals surface area contributed by atoms with Crippen LogP contribution in [0, 0.1) is 24.7 Å². The molecule has 0 unspecified atom stereocenters. The Morgan fingerprint density at radius 2 is 1.92 bits per heavy atom. The minimum absolute atomic E-state index is 0.0101. The molecule has 1 saturated heterocycles. The van der Waals surface area contributed by atoms with Crippen LogP contribution in [0.4, 0.5) is 0 Å². The van der Waals surface area contributed by atoms with Crippen molar-refractivity contribution in [2.24, 2.45) is 17.8 Å². The van der Waals surface area contributed by atoms with Crippen molar-refractivity contribution in [2.45, 2.75) is 55.8 Å². The summed E-state index contributed by atoms with van der Waals surface area (Å²) in [6.07, 6.45) is 1.63. The van der Waals surface area contributed by atoms with E-state index in [1.807, 2.05) is 13.8 Å². The fourth-order valence-corrected chi connectivity index (χ4v) is 6.26. The number of carbonyl (C=O) groups is 1. The standard InChI is InChI=1S/C18H23NO5S/c1-10-3-6-13(7-4-10)25(22,23)19-16-11(2)9-12-5-8-14-18(12,21)15(16)17(20)24-14/h3-4,6-7,11-12,14-16,19,21H,5,8-9H2,1-2H3/t11-,12+,14+,15+,16+,18+/m0/s1. The van der Waals surface area contributed by atoms with Crippen LogP contribution >= 0.6 is 0 Å². The van der Waals surface area contributed by atoms with Crippen LogP contribution in [-0.4, -0.2) is 37.2 Å². The highest BCUT2D eigenvalue weighted by molar-refractivity contribution is 7.89. The van der Waals surface area contributed by atoms with E-state index in [1.165, 1.54) is 0 Å². The fourth-order valence-electron chi connectivity index (χ4n) is 4.90. The molecule has 4 rings (SSSR count). The van der Waals surface area contributed by atoms with E-state index in [1.54, 1.807) is 24.3 Å². The summed E-state index contributed by atoms with van der Waals surface area (Å²) in [5, 5.41) is 11.2. The molecule has 1 aliphatic heterocycles. The van der Waals surface area contributed by atoms with Gasteiger partial charge in [0.25, 0.3) is 0 Å². The Labute approximate surface area is 147 Å². The van der Waals surface area contributed by atoms with Crippen molar-refractivity contribution < 1.29 is 23.1 Å². The Balaban J connectivity index is 1.67. The Morgan fingerprint density at radius 1 is 1.24 bits per heavy atom. The van der Waals surface area contributed by atoms with Crippen LogP contribution in [-0.2, 0) is 19.6 Å². The van der Waals surface area contributed by atoms with Gasteiger partial charge in [-0.2, -0.15) is 0 Å². The Morgan fingerprint density at radius 3 is 2.60 bits per heavy atom. The number of sulfonamides is 1. The van der Waals surface area contributed by atoms with Crippen molar-refractivity contribution in [1.82, 2.24) is 4.72 Å². The normalized spacial score (nSPS) is 40.0. The number of benzene rings is 1. The lowest BCUT2D eigenvalue weighted by atomic mass is 9.64. The minimum Gasteiger partial charge on any atom is -0.459 e. The highest BCUT2D eigenvalue weighted by Crippen LogP contribution is 2.55. The summed E-state index contributed by atoms with van der Waals surface area (Å²) in [4.78, 5) is 12.6. The molecule has 0 spiro atoms. The molecule has 1 aromatic rings. The van der Waals surface area contributed by atoms with Gasteiger partial charge >= 0.3 is 5.97 Å². The summed E-state index contributed by atoms with van der Waals surface area (Å²) in [6, 6.07) is 5.91. The van der Waals surface area contributed by atoms with Crippen molar-refractivity contribution in [3.05, 3.63) is 29.8 Å². The molecule has 0 amide bonds. The summed E-state index contributed by atoms with van der Waals surface area (Å²) < 4.78 is 33.7. The van der Waals surface area contributed by atoms with E-state index in [0.29, 0.717) is 12.8 Å². The number of hydrogen-bond donors (Lipinski definition) is 2. The number of hydrogen-bond acceptors (Lipinski definition) is 5. The second-order valence-electron chi connectivity index (χ2n) is 7.74. The quantitative estimate of drug-likeness (QED) is 0.789. The fraction of sp³-hybridized carbons (Fsp3) is 0.611. The molecule has 1 aromatic carbocycles. The molecule has 2 N–H and O–H groups in total. The molecule has 3 fully saturated rings. The first-order valence-electron chi connectivity index (χ1n) is 8.75. The molecule has 0 bridgehead atoms. The van der Waals surface area contributed by atoms with E-state index in [9.17, 15) is 18.3 Å². The summed E-state index contributed by atoms with van der Waals surface area (Å²) in [5.41, 5.74) is -0.278. The molecule has 6 atom stereocenters. The van der Waals surface area contributed by atoms with E-state index < -0.39 is 39.7 Å². The molecule has 1 heterocycles. The number of nitrogens with one attached hydrogen (secondary N) is 1. The number of carbonyl (C=O) groups excluding carboxylic acids is 1. The van der Waals surface area contributed by atoms with Gasteiger partial charge in [0.1, 0.15) is 17.6 Å². The maximum absolute atomic E-state index is 12.8. The largest absolute Gasteiger partial charge is 0.459 e. The first-order valence-corrected chi connectivity index (χ1v) is 10.2.